The lowest BCUT2D eigenvalue weighted by molar-refractivity contribution is -0.137. The highest BCUT2D eigenvalue weighted by atomic mass is 19.4. The number of hydrogen-bond acceptors (Lipinski definition) is 5. The Balaban J connectivity index is 2.55. The van der Waals surface area contributed by atoms with E-state index in [2.05, 4.69) is 4.98 Å². The summed E-state index contributed by atoms with van der Waals surface area (Å²) in [6, 6.07) is 4.51. The highest BCUT2D eigenvalue weighted by Crippen LogP contribution is 2.31. The van der Waals surface area contributed by atoms with Crippen LogP contribution in [0.15, 0.2) is 36.2 Å². The van der Waals surface area contributed by atoms with Crippen molar-refractivity contribution in [2.75, 3.05) is 0 Å². The predicted molar refractivity (Wildman–Crippen MR) is 72.8 cm³/mol. The molecule has 0 aliphatic heterocycles. The number of hydrogen-bond donors (Lipinski definition) is 4. The van der Waals surface area contributed by atoms with Gasteiger partial charge in [0.2, 0.25) is 0 Å². The molecule has 0 aliphatic carbocycles. The smallest absolute Gasteiger partial charge is 0.416 e. The summed E-state index contributed by atoms with van der Waals surface area (Å²) in [6.07, 6.45) is -3.27. The number of carbonyl (C=O) groups is 1. The van der Waals surface area contributed by atoms with Crippen molar-refractivity contribution in [1.29, 1.82) is 0 Å². The number of alkyl halides is 3. The van der Waals surface area contributed by atoms with E-state index in [-0.39, 0.29) is 16.8 Å². The third-order valence-corrected chi connectivity index (χ3v) is 2.95. The van der Waals surface area contributed by atoms with Crippen molar-refractivity contribution in [1.82, 2.24) is 10.4 Å². The summed E-state index contributed by atoms with van der Waals surface area (Å²) in [7, 11) is 0. The van der Waals surface area contributed by atoms with Crippen LogP contribution in [0.25, 0.3) is 16.5 Å². The maximum absolute atomic E-state index is 12.6. The van der Waals surface area contributed by atoms with Crippen LogP contribution >= 0.6 is 0 Å². The number of fused-ring (bicyclic) bond motifs is 1. The minimum absolute atomic E-state index is 0.0857. The SMILES string of the molecule is NN/C(C(=O)O)=C(\N)c1cc2ccc(C(F)(F)F)cc2cn1. The largest absolute Gasteiger partial charge is 0.476 e. The van der Waals surface area contributed by atoms with Crippen molar-refractivity contribution < 1.29 is 23.1 Å². The Morgan fingerprint density at radius 1 is 1.23 bits per heavy atom. The van der Waals surface area contributed by atoms with Crippen LogP contribution in [-0.2, 0) is 11.0 Å². The zero-order valence-electron chi connectivity index (χ0n) is 11.0. The lowest BCUT2D eigenvalue weighted by Gasteiger charge is -2.10. The molecule has 1 aromatic carbocycles. The lowest BCUT2D eigenvalue weighted by Crippen LogP contribution is -2.29. The second-order valence-corrected chi connectivity index (χ2v) is 4.37. The summed E-state index contributed by atoms with van der Waals surface area (Å²) in [5, 5.41) is 9.60. The van der Waals surface area contributed by atoms with Gasteiger partial charge in [-0.1, -0.05) is 6.07 Å². The molecule has 1 aromatic heterocycles. The number of nitrogens with zero attached hydrogens (tertiary/aromatic N) is 1. The van der Waals surface area contributed by atoms with Crippen LogP contribution in [0.1, 0.15) is 11.3 Å². The molecule has 0 spiro atoms. The molecule has 22 heavy (non-hydrogen) atoms. The van der Waals surface area contributed by atoms with Gasteiger partial charge >= 0.3 is 12.1 Å². The first kappa shape index (κ1) is 15.6. The number of hydrazine groups is 1. The van der Waals surface area contributed by atoms with E-state index in [1.807, 2.05) is 5.43 Å². The summed E-state index contributed by atoms with van der Waals surface area (Å²) in [5.74, 6) is 3.69. The fourth-order valence-electron chi connectivity index (χ4n) is 1.85. The van der Waals surface area contributed by atoms with Gasteiger partial charge in [-0.05, 0) is 23.6 Å². The molecule has 0 aliphatic rings. The molecule has 116 valence electrons. The minimum atomic E-state index is -4.45. The highest BCUT2D eigenvalue weighted by Gasteiger charge is 2.30. The molecule has 6 N–H and O–H groups in total. The van der Waals surface area contributed by atoms with E-state index in [9.17, 15) is 18.0 Å². The molecule has 0 saturated heterocycles. The molecule has 0 atom stereocenters. The third-order valence-electron chi connectivity index (χ3n) is 2.95. The first-order valence-electron chi connectivity index (χ1n) is 5.91. The Labute approximate surface area is 122 Å². The van der Waals surface area contributed by atoms with Gasteiger partial charge in [-0.15, -0.1) is 0 Å². The van der Waals surface area contributed by atoms with Crippen molar-refractivity contribution >= 4 is 22.4 Å². The van der Waals surface area contributed by atoms with Crippen molar-refractivity contribution in [3.63, 3.8) is 0 Å². The molecule has 2 rings (SSSR count). The summed E-state index contributed by atoms with van der Waals surface area (Å²) in [5.41, 5.74) is 6.20. The van der Waals surface area contributed by atoms with Crippen LogP contribution in [0.2, 0.25) is 0 Å². The van der Waals surface area contributed by atoms with Crippen LogP contribution < -0.4 is 17.0 Å². The van der Waals surface area contributed by atoms with E-state index in [1.54, 1.807) is 0 Å². The van der Waals surface area contributed by atoms with Gasteiger partial charge in [-0.3, -0.25) is 10.8 Å². The Bertz CT molecular complexity index is 771. The highest BCUT2D eigenvalue weighted by molar-refractivity contribution is 5.95. The van der Waals surface area contributed by atoms with Gasteiger partial charge in [-0.25, -0.2) is 4.79 Å². The molecule has 0 unspecified atom stereocenters. The maximum atomic E-state index is 12.6. The zero-order chi connectivity index (χ0) is 16.5. The minimum Gasteiger partial charge on any atom is -0.476 e. The quantitative estimate of drug-likeness (QED) is 0.387. The predicted octanol–water partition coefficient (Wildman–Crippen LogP) is 1.43. The second kappa shape index (κ2) is 5.53. The fourth-order valence-corrected chi connectivity index (χ4v) is 1.85. The van der Waals surface area contributed by atoms with E-state index in [1.165, 1.54) is 18.3 Å². The number of carboxylic acid groups (broad SMARTS) is 1. The monoisotopic (exact) mass is 312 g/mol. The molecule has 0 radical (unpaired) electrons. The number of aliphatic carboxylic acids is 1. The molecular weight excluding hydrogens is 301 g/mol. The van der Waals surface area contributed by atoms with Crippen molar-refractivity contribution in [2.45, 2.75) is 6.18 Å². The number of rotatable bonds is 3. The van der Waals surface area contributed by atoms with Gasteiger partial charge in [0, 0.05) is 11.6 Å². The molecule has 0 fully saturated rings. The molecule has 0 saturated carbocycles. The number of benzene rings is 1. The normalized spacial score (nSPS) is 12.9. The van der Waals surface area contributed by atoms with Gasteiger partial charge < -0.3 is 16.3 Å². The summed E-state index contributed by atoms with van der Waals surface area (Å²) < 4.78 is 37.9. The fraction of sp³-hybridized carbons (Fsp3) is 0.0769. The van der Waals surface area contributed by atoms with E-state index >= 15 is 0 Å². The van der Waals surface area contributed by atoms with Crippen molar-refractivity contribution in [3.05, 3.63) is 47.4 Å². The molecular formula is C13H11F3N4O2. The number of nitrogens with two attached hydrogens (primary N) is 2. The van der Waals surface area contributed by atoms with Gasteiger partial charge in [0.25, 0.3) is 0 Å². The third kappa shape index (κ3) is 2.93. The summed E-state index contributed by atoms with van der Waals surface area (Å²) in [6.45, 7) is 0. The number of nitrogens with one attached hydrogen (secondary N) is 1. The molecule has 0 amide bonds. The molecule has 0 bridgehead atoms. The van der Waals surface area contributed by atoms with Crippen LogP contribution in [-0.4, -0.2) is 16.1 Å². The Morgan fingerprint density at radius 3 is 2.45 bits per heavy atom. The van der Waals surface area contributed by atoms with Gasteiger partial charge in [0.15, 0.2) is 5.70 Å². The van der Waals surface area contributed by atoms with Crippen molar-refractivity contribution in [3.8, 4) is 0 Å². The number of pyridine rings is 1. The van der Waals surface area contributed by atoms with Gasteiger partial charge in [0.1, 0.15) is 0 Å². The molecule has 6 nitrogen and oxygen atoms in total. The van der Waals surface area contributed by atoms with E-state index < -0.39 is 23.4 Å². The Hall–Kier alpha value is -2.81. The Kier molecular flexibility index (Phi) is 3.91. The van der Waals surface area contributed by atoms with Crippen LogP contribution in [0.5, 0.6) is 0 Å². The standard InChI is InChI=1S/C13H11F3N4O2/c14-13(15,16)8-2-1-6-4-9(19-5-7(6)3-8)10(17)11(20-18)12(21)22/h1-5,20H,17-18H2,(H,21,22)/b11-10-. The Morgan fingerprint density at radius 2 is 1.91 bits per heavy atom. The zero-order valence-corrected chi connectivity index (χ0v) is 11.0. The van der Waals surface area contributed by atoms with E-state index in [0.29, 0.717) is 5.39 Å². The first-order chi connectivity index (χ1) is 10.2. The lowest BCUT2D eigenvalue weighted by atomic mass is 10.1. The molecule has 1 heterocycles. The molecule has 9 heteroatoms. The summed E-state index contributed by atoms with van der Waals surface area (Å²) >= 11 is 0. The average Bonchev–Trinajstić information content (AvgIpc) is 2.45. The van der Waals surface area contributed by atoms with Crippen LogP contribution in [0.3, 0.4) is 0 Å². The second-order valence-electron chi connectivity index (χ2n) is 4.37. The van der Waals surface area contributed by atoms with Gasteiger partial charge in [-0.2, -0.15) is 13.2 Å². The number of halogens is 3. The first-order valence-corrected chi connectivity index (χ1v) is 5.91. The van der Waals surface area contributed by atoms with Crippen LogP contribution in [0.4, 0.5) is 13.2 Å². The summed E-state index contributed by atoms with van der Waals surface area (Å²) in [4.78, 5) is 14.8. The maximum Gasteiger partial charge on any atom is 0.416 e. The van der Waals surface area contributed by atoms with E-state index in [0.717, 1.165) is 12.1 Å². The van der Waals surface area contributed by atoms with E-state index in [4.69, 9.17) is 16.7 Å². The van der Waals surface area contributed by atoms with Crippen LogP contribution in [0, 0.1) is 0 Å². The number of carboxylic acids is 1. The number of aromatic nitrogens is 1. The topological polar surface area (TPSA) is 114 Å². The van der Waals surface area contributed by atoms with Gasteiger partial charge in [0.05, 0.1) is 17.0 Å². The molecule has 2 aromatic rings. The average molecular weight is 312 g/mol. The van der Waals surface area contributed by atoms with Crippen molar-refractivity contribution in [2.24, 2.45) is 11.6 Å².